The first-order chi connectivity index (χ1) is 8.45. The monoisotopic (exact) mass is 257 g/mol. The summed E-state index contributed by atoms with van der Waals surface area (Å²) in [4.78, 5) is 25.3. The molecule has 0 spiro atoms. The number of carbonyl (C=O) groups excluding carboxylic acids is 1. The molecule has 2 N–H and O–H groups in total. The summed E-state index contributed by atoms with van der Waals surface area (Å²) >= 11 is 0. The zero-order valence-corrected chi connectivity index (χ0v) is 10.1. The topological polar surface area (TPSA) is 109 Å². The predicted octanol–water partition coefficient (Wildman–Crippen LogP) is 0.00220. The lowest BCUT2D eigenvalue weighted by Gasteiger charge is -2.18. The van der Waals surface area contributed by atoms with Gasteiger partial charge in [-0.25, -0.2) is 4.98 Å². The second-order valence-corrected chi connectivity index (χ2v) is 3.81. The van der Waals surface area contributed by atoms with Gasteiger partial charge in [-0.2, -0.15) is 0 Å². The van der Waals surface area contributed by atoms with Crippen molar-refractivity contribution in [1.82, 2.24) is 9.88 Å². The normalized spacial score (nSPS) is 12.2. The Kier molecular flexibility index (Phi) is 4.81. The summed E-state index contributed by atoms with van der Waals surface area (Å²) in [5.41, 5.74) is 0.105. The predicted molar refractivity (Wildman–Crippen MR) is 62.3 cm³/mol. The highest BCUT2D eigenvalue weighted by Gasteiger charge is 2.20. The summed E-state index contributed by atoms with van der Waals surface area (Å²) in [6.07, 6.45) is -0.797. The van der Waals surface area contributed by atoms with E-state index in [4.69, 9.17) is 4.74 Å². The molecule has 0 saturated carbocycles. The van der Waals surface area contributed by atoms with Crippen molar-refractivity contribution >= 4 is 11.7 Å². The molecular weight excluding hydrogens is 242 g/mol. The summed E-state index contributed by atoms with van der Waals surface area (Å²) in [6, 6.07) is 2.55. The number of ether oxygens (including phenoxy) is 1. The summed E-state index contributed by atoms with van der Waals surface area (Å²) in [5, 5.41) is 19.9. The molecule has 0 saturated heterocycles. The minimum Gasteiger partial charge on any atom is -0.389 e. The van der Waals surface area contributed by atoms with Gasteiger partial charge in [0, 0.05) is 26.8 Å². The number of aliphatic hydroxyl groups is 1. The second-order valence-electron chi connectivity index (χ2n) is 3.81. The molecule has 18 heavy (non-hydrogen) atoms. The van der Waals surface area contributed by atoms with Crippen LogP contribution in [-0.4, -0.2) is 59.2 Å². The number of hydrogen-bond donors (Lipinski definition) is 2. The average molecular weight is 257 g/mol. The van der Waals surface area contributed by atoms with Gasteiger partial charge in [0.2, 0.25) is 0 Å². The Morgan fingerprint density at radius 2 is 2.33 bits per heavy atom. The molecule has 1 rings (SSSR count). The number of aliphatic hydroxyl groups excluding tert-OH is 1. The van der Waals surface area contributed by atoms with E-state index < -0.39 is 16.9 Å². The number of nitrogens with zero attached hydrogens (tertiary/aromatic N) is 2. The first kappa shape index (κ1) is 14.1. The number of methoxy groups -OCH3 is 1. The quantitative estimate of drug-likeness (QED) is 0.551. The zero-order valence-electron chi connectivity index (χ0n) is 10.1. The Labute approximate surface area is 103 Å². The van der Waals surface area contributed by atoms with Crippen LogP contribution in [0.4, 0.5) is 5.82 Å². The van der Waals surface area contributed by atoms with Crippen LogP contribution in [0.2, 0.25) is 0 Å². The van der Waals surface area contributed by atoms with Gasteiger partial charge in [0.1, 0.15) is 0 Å². The van der Waals surface area contributed by atoms with Crippen molar-refractivity contribution in [3.05, 3.63) is 27.9 Å². The minimum atomic E-state index is -0.797. The number of rotatable bonds is 6. The van der Waals surface area contributed by atoms with Gasteiger partial charge >= 0.3 is 5.82 Å². The van der Waals surface area contributed by atoms with E-state index in [-0.39, 0.29) is 24.7 Å². The Morgan fingerprint density at radius 3 is 2.83 bits per heavy atom. The van der Waals surface area contributed by atoms with E-state index in [1.165, 1.54) is 31.2 Å². The number of nitro groups is 1. The number of aromatic amines is 1. The van der Waals surface area contributed by atoms with Crippen molar-refractivity contribution in [3.8, 4) is 0 Å². The molecule has 1 amide bonds. The van der Waals surface area contributed by atoms with Gasteiger partial charge in [0.15, 0.2) is 5.69 Å². The van der Waals surface area contributed by atoms with E-state index in [1.807, 2.05) is 0 Å². The van der Waals surface area contributed by atoms with Crippen molar-refractivity contribution in [2.75, 3.05) is 27.3 Å². The molecule has 0 fully saturated rings. The molecular formula is C10H15N3O5. The maximum atomic E-state index is 11.8. The van der Waals surface area contributed by atoms with Crippen LogP contribution in [0.1, 0.15) is 10.5 Å². The van der Waals surface area contributed by atoms with Gasteiger partial charge < -0.3 is 24.9 Å². The van der Waals surface area contributed by atoms with Crippen molar-refractivity contribution in [1.29, 1.82) is 0 Å². The summed E-state index contributed by atoms with van der Waals surface area (Å²) in [5.74, 6) is -0.678. The Bertz CT molecular complexity index is 431. The lowest BCUT2D eigenvalue weighted by molar-refractivity contribution is -0.389. The fourth-order valence-electron chi connectivity index (χ4n) is 1.46. The third-order valence-corrected chi connectivity index (χ3v) is 2.29. The summed E-state index contributed by atoms with van der Waals surface area (Å²) in [7, 11) is 2.94. The van der Waals surface area contributed by atoms with Gasteiger partial charge in [-0.3, -0.25) is 4.79 Å². The minimum absolute atomic E-state index is 0.0828. The van der Waals surface area contributed by atoms with E-state index in [0.717, 1.165) is 0 Å². The molecule has 0 aliphatic rings. The van der Waals surface area contributed by atoms with E-state index >= 15 is 0 Å². The molecule has 0 radical (unpaired) electrons. The number of nitrogens with one attached hydrogen (secondary N) is 1. The lowest BCUT2D eigenvalue weighted by Crippen LogP contribution is -2.36. The molecule has 100 valence electrons. The van der Waals surface area contributed by atoms with Crippen molar-refractivity contribution in [2.45, 2.75) is 6.10 Å². The molecule has 1 atom stereocenters. The Morgan fingerprint density at radius 1 is 1.67 bits per heavy atom. The van der Waals surface area contributed by atoms with E-state index in [0.29, 0.717) is 0 Å². The van der Waals surface area contributed by atoms with Crippen LogP contribution >= 0.6 is 0 Å². The number of H-pyrrole nitrogens is 1. The van der Waals surface area contributed by atoms with Gasteiger partial charge in [-0.05, 0) is 11.0 Å². The number of likely N-dealkylation sites (N-methyl/N-ethyl adjacent to an activating group) is 1. The smallest absolute Gasteiger partial charge is 0.321 e. The fourth-order valence-corrected chi connectivity index (χ4v) is 1.46. The number of amides is 1. The first-order valence-electron chi connectivity index (χ1n) is 5.21. The third kappa shape index (κ3) is 3.54. The van der Waals surface area contributed by atoms with Gasteiger partial charge in [0.05, 0.1) is 12.7 Å². The molecule has 1 heterocycles. The second kappa shape index (κ2) is 6.12. The average Bonchev–Trinajstić information content (AvgIpc) is 2.77. The molecule has 1 aromatic heterocycles. The molecule has 0 aliphatic heterocycles. The highest BCUT2D eigenvalue weighted by atomic mass is 16.6. The summed E-state index contributed by atoms with van der Waals surface area (Å²) in [6.45, 7) is 0.196. The van der Waals surface area contributed by atoms with Gasteiger partial charge in [0.25, 0.3) is 5.91 Å². The molecule has 1 unspecified atom stereocenters. The van der Waals surface area contributed by atoms with Gasteiger partial charge in [-0.15, -0.1) is 0 Å². The highest BCUT2D eigenvalue weighted by Crippen LogP contribution is 2.11. The van der Waals surface area contributed by atoms with Crippen LogP contribution in [0.25, 0.3) is 0 Å². The van der Waals surface area contributed by atoms with E-state index in [1.54, 1.807) is 0 Å². The first-order valence-corrected chi connectivity index (χ1v) is 5.21. The van der Waals surface area contributed by atoms with E-state index in [2.05, 4.69) is 4.98 Å². The third-order valence-electron chi connectivity index (χ3n) is 2.29. The maximum absolute atomic E-state index is 11.8. The maximum Gasteiger partial charge on any atom is 0.321 e. The highest BCUT2D eigenvalue weighted by molar-refractivity contribution is 5.92. The molecule has 0 aliphatic carbocycles. The lowest BCUT2D eigenvalue weighted by atomic mass is 10.3. The fraction of sp³-hybridized carbons (Fsp3) is 0.500. The van der Waals surface area contributed by atoms with Crippen LogP contribution < -0.4 is 0 Å². The van der Waals surface area contributed by atoms with Gasteiger partial charge in [-0.1, -0.05) is 0 Å². The van der Waals surface area contributed by atoms with Crippen LogP contribution in [-0.2, 0) is 4.74 Å². The van der Waals surface area contributed by atoms with Crippen molar-refractivity contribution in [3.63, 3.8) is 0 Å². The van der Waals surface area contributed by atoms with Crippen LogP contribution in [0.15, 0.2) is 12.1 Å². The molecule has 0 aromatic carbocycles. The zero-order chi connectivity index (χ0) is 13.7. The molecule has 8 nitrogen and oxygen atoms in total. The number of aromatic nitrogens is 1. The van der Waals surface area contributed by atoms with Crippen molar-refractivity contribution < 1.29 is 19.6 Å². The Balaban J connectivity index is 2.65. The number of carbonyl (C=O) groups is 1. The van der Waals surface area contributed by atoms with Crippen LogP contribution in [0.5, 0.6) is 0 Å². The molecule has 0 bridgehead atoms. The molecule has 1 aromatic rings. The largest absolute Gasteiger partial charge is 0.389 e. The van der Waals surface area contributed by atoms with Crippen LogP contribution in [0.3, 0.4) is 0 Å². The van der Waals surface area contributed by atoms with Crippen molar-refractivity contribution in [2.24, 2.45) is 0 Å². The molecule has 8 heteroatoms. The summed E-state index contributed by atoms with van der Waals surface area (Å²) < 4.78 is 4.74. The Hall–Kier alpha value is -1.93. The standard InChI is InChI=1S/C10H15N3O5/c1-12(5-7(14)6-18-2)10(15)8-3-4-9(11-8)13(16)17/h3-4,7,11,14H,5-6H2,1-2H3. The van der Waals surface area contributed by atoms with Crippen LogP contribution in [0, 0.1) is 10.1 Å². The SMILES string of the molecule is COCC(O)CN(C)C(=O)c1ccc([N+](=O)[O-])[nH]1. The van der Waals surface area contributed by atoms with E-state index in [9.17, 15) is 20.0 Å². The number of hydrogen-bond acceptors (Lipinski definition) is 5.